The van der Waals surface area contributed by atoms with Gasteiger partial charge in [0.1, 0.15) is 19.0 Å². The van der Waals surface area contributed by atoms with Gasteiger partial charge < -0.3 is 14.2 Å². The van der Waals surface area contributed by atoms with E-state index in [-0.39, 0.29) is 0 Å². The van der Waals surface area contributed by atoms with Crippen LogP contribution in [-0.4, -0.2) is 72.0 Å². The Hall–Kier alpha value is -2.71. The van der Waals surface area contributed by atoms with Crippen molar-refractivity contribution in [3.05, 3.63) is 41.4 Å². The highest BCUT2D eigenvalue weighted by Crippen LogP contribution is 2.39. The first kappa shape index (κ1) is 22.1. The summed E-state index contributed by atoms with van der Waals surface area (Å²) in [4.78, 5) is 18.4. The molecule has 0 aromatic carbocycles. The van der Waals surface area contributed by atoms with Crippen LogP contribution < -0.4 is 9.47 Å². The van der Waals surface area contributed by atoms with Crippen molar-refractivity contribution in [2.24, 2.45) is 0 Å². The van der Waals surface area contributed by atoms with Gasteiger partial charge in [-0.25, -0.2) is 4.98 Å². The molecule has 0 amide bonds. The summed E-state index contributed by atoms with van der Waals surface area (Å²) in [6, 6.07) is 4.34. The van der Waals surface area contributed by atoms with Crippen LogP contribution in [0.15, 0.2) is 30.1 Å². The lowest BCUT2D eigenvalue weighted by Crippen LogP contribution is -2.38. The molecule has 5 rings (SSSR count). The van der Waals surface area contributed by atoms with Crippen LogP contribution in [0, 0.1) is 0 Å². The van der Waals surface area contributed by atoms with Gasteiger partial charge in [0.15, 0.2) is 6.29 Å². The Labute approximate surface area is 194 Å². The molecule has 0 N–H and O–H groups in total. The predicted octanol–water partition coefficient (Wildman–Crippen LogP) is 3.54. The summed E-state index contributed by atoms with van der Waals surface area (Å²) in [5.74, 6) is 0.947. The summed E-state index contributed by atoms with van der Waals surface area (Å²) in [7, 11) is 0. The molecule has 0 bridgehead atoms. The smallest absolute Gasteiger partial charge is 0.214 e. The van der Waals surface area contributed by atoms with Gasteiger partial charge in [-0.15, -0.1) is 0 Å². The van der Waals surface area contributed by atoms with Crippen molar-refractivity contribution in [2.75, 3.05) is 46.1 Å². The molecule has 0 atom stereocenters. The first-order chi connectivity index (χ1) is 16.3. The lowest BCUT2D eigenvalue weighted by molar-refractivity contribution is 0.0320. The number of pyridine rings is 1. The highest BCUT2D eigenvalue weighted by Gasteiger charge is 2.28. The Morgan fingerprint density at radius 3 is 2.82 bits per heavy atom. The van der Waals surface area contributed by atoms with Crippen molar-refractivity contribution >= 4 is 11.9 Å². The minimum absolute atomic E-state index is 0.448. The number of aromatic nitrogens is 3. The molecule has 2 aliphatic carbocycles. The summed E-state index contributed by atoms with van der Waals surface area (Å²) < 4.78 is 19.4. The van der Waals surface area contributed by atoms with Gasteiger partial charge in [0.2, 0.25) is 5.88 Å². The summed E-state index contributed by atoms with van der Waals surface area (Å²) in [5, 5.41) is 4.56. The number of allylic oxidation sites excluding steroid dienone is 1. The summed E-state index contributed by atoms with van der Waals surface area (Å²) >= 11 is 0. The van der Waals surface area contributed by atoms with Gasteiger partial charge in [-0.1, -0.05) is 0 Å². The number of morpholine rings is 1. The molecule has 8 heteroatoms. The molecule has 3 heterocycles. The third-order valence-electron chi connectivity index (χ3n) is 6.62. The second kappa shape index (κ2) is 10.5. The number of nitrogens with zero attached hydrogens (tertiary/aromatic N) is 4. The topological polar surface area (TPSA) is 78.7 Å². The first-order valence-corrected chi connectivity index (χ1v) is 12.1. The normalized spacial score (nSPS) is 19.5. The monoisotopic (exact) mass is 452 g/mol. The highest BCUT2D eigenvalue weighted by molar-refractivity contribution is 5.79. The molecule has 2 aromatic rings. The Kier molecular flexibility index (Phi) is 7.02. The van der Waals surface area contributed by atoms with Crippen LogP contribution in [0.3, 0.4) is 0 Å². The van der Waals surface area contributed by atoms with Crippen LogP contribution in [0.1, 0.15) is 60.6 Å². The second-order valence-corrected chi connectivity index (χ2v) is 8.95. The molecule has 0 unspecified atom stereocenters. The first-order valence-electron chi connectivity index (χ1n) is 12.1. The molecule has 2 fully saturated rings. The molecule has 1 saturated heterocycles. The van der Waals surface area contributed by atoms with E-state index >= 15 is 0 Å². The van der Waals surface area contributed by atoms with E-state index in [0.717, 1.165) is 58.4 Å². The molecule has 1 saturated carbocycles. The average molecular weight is 453 g/mol. The molecule has 2 aromatic heterocycles. The highest BCUT2D eigenvalue weighted by atomic mass is 16.5. The second-order valence-electron chi connectivity index (χ2n) is 8.95. The molecule has 0 spiro atoms. The van der Waals surface area contributed by atoms with Gasteiger partial charge >= 0.3 is 0 Å². The Morgan fingerprint density at radius 1 is 1.15 bits per heavy atom. The molecule has 3 aliphatic rings. The van der Waals surface area contributed by atoms with Crippen molar-refractivity contribution in [3.63, 3.8) is 0 Å². The van der Waals surface area contributed by atoms with Crippen molar-refractivity contribution in [1.82, 2.24) is 19.7 Å². The van der Waals surface area contributed by atoms with Crippen molar-refractivity contribution in [3.8, 4) is 11.6 Å². The number of ether oxygens (including phenoxy) is 3. The zero-order valence-corrected chi connectivity index (χ0v) is 19.1. The van der Waals surface area contributed by atoms with Crippen LogP contribution in [0.5, 0.6) is 11.6 Å². The minimum Gasteiger partial charge on any atom is -0.487 e. The number of carbonyl (C=O) groups excluding carboxylic acids is 1. The van der Waals surface area contributed by atoms with Crippen molar-refractivity contribution in [1.29, 1.82) is 0 Å². The number of aldehydes is 1. The predicted molar refractivity (Wildman–Crippen MR) is 124 cm³/mol. The summed E-state index contributed by atoms with van der Waals surface area (Å²) in [6.45, 7) is 5.17. The SMILES string of the molecule is O=Cc1cc(OCCN2CCOCC2)ncc1OCC1=C(c2ccnn2C2CC2)CCCC1. The molecular weight excluding hydrogens is 420 g/mol. The molecule has 0 radical (unpaired) electrons. The van der Waals surface area contributed by atoms with Crippen LogP contribution in [-0.2, 0) is 4.74 Å². The van der Waals surface area contributed by atoms with Gasteiger partial charge in [0.05, 0.1) is 36.7 Å². The van der Waals surface area contributed by atoms with Gasteiger partial charge in [-0.2, -0.15) is 5.10 Å². The van der Waals surface area contributed by atoms with Crippen molar-refractivity contribution in [2.45, 2.75) is 44.6 Å². The van der Waals surface area contributed by atoms with E-state index < -0.39 is 0 Å². The van der Waals surface area contributed by atoms with Crippen LogP contribution in [0.2, 0.25) is 0 Å². The number of rotatable bonds is 10. The quantitative estimate of drug-likeness (QED) is 0.510. The zero-order valence-electron chi connectivity index (χ0n) is 19.1. The van der Waals surface area contributed by atoms with E-state index in [9.17, 15) is 4.79 Å². The largest absolute Gasteiger partial charge is 0.487 e. The van der Waals surface area contributed by atoms with Gasteiger partial charge in [-0.05, 0) is 55.7 Å². The Morgan fingerprint density at radius 2 is 2.00 bits per heavy atom. The minimum atomic E-state index is 0.448. The van der Waals surface area contributed by atoms with Gasteiger partial charge in [0.25, 0.3) is 0 Å². The number of hydrogen-bond acceptors (Lipinski definition) is 7. The summed E-state index contributed by atoms with van der Waals surface area (Å²) in [5.41, 5.74) is 4.35. The van der Waals surface area contributed by atoms with E-state index in [2.05, 4.69) is 25.7 Å². The summed E-state index contributed by atoms with van der Waals surface area (Å²) in [6.07, 6.45) is 11.1. The average Bonchev–Trinajstić information content (AvgIpc) is 3.60. The fraction of sp³-hybridized carbons (Fsp3) is 0.560. The van der Waals surface area contributed by atoms with Crippen LogP contribution in [0.4, 0.5) is 0 Å². The van der Waals surface area contributed by atoms with E-state index in [1.54, 1.807) is 12.3 Å². The number of hydrogen-bond donors (Lipinski definition) is 0. The molecule has 8 nitrogen and oxygen atoms in total. The Balaban J connectivity index is 1.23. The Bertz CT molecular complexity index is 992. The fourth-order valence-electron chi connectivity index (χ4n) is 4.60. The van der Waals surface area contributed by atoms with Gasteiger partial charge in [-0.3, -0.25) is 14.4 Å². The lowest BCUT2D eigenvalue weighted by Gasteiger charge is -2.26. The van der Waals surface area contributed by atoms with E-state index in [1.165, 1.54) is 36.1 Å². The zero-order chi connectivity index (χ0) is 22.5. The number of carbonyl (C=O) groups is 1. The maximum Gasteiger partial charge on any atom is 0.214 e. The molecule has 176 valence electrons. The van der Waals surface area contributed by atoms with E-state index in [4.69, 9.17) is 14.2 Å². The van der Waals surface area contributed by atoms with E-state index in [1.807, 2.05) is 6.20 Å². The maximum absolute atomic E-state index is 11.7. The maximum atomic E-state index is 11.7. The third-order valence-corrected chi connectivity index (χ3v) is 6.62. The van der Waals surface area contributed by atoms with Crippen LogP contribution >= 0.6 is 0 Å². The van der Waals surface area contributed by atoms with Crippen molar-refractivity contribution < 1.29 is 19.0 Å². The van der Waals surface area contributed by atoms with E-state index in [0.29, 0.717) is 36.4 Å². The van der Waals surface area contributed by atoms with Crippen LogP contribution in [0.25, 0.3) is 5.57 Å². The molecule has 1 aliphatic heterocycles. The fourth-order valence-corrected chi connectivity index (χ4v) is 4.60. The third kappa shape index (κ3) is 5.45. The lowest BCUT2D eigenvalue weighted by atomic mass is 9.90. The standard InChI is InChI=1S/C25H32N4O4/c30-17-20-15-25(32-14-11-28-9-12-31-13-10-28)26-16-24(20)33-18-19-3-1-2-4-22(19)23-7-8-27-29(23)21-5-6-21/h7-8,15-17,21H,1-6,9-14,18H2. The molecular formula is C25H32N4O4. The molecule has 33 heavy (non-hydrogen) atoms. The van der Waals surface area contributed by atoms with Gasteiger partial charge in [0, 0.05) is 31.9 Å².